The fourth-order valence-corrected chi connectivity index (χ4v) is 2.27. The fraction of sp³-hybridized carbons (Fsp3) is 0.0556. The molecule has 1 aliphatic rings. The smallest absolute Gasteiger partial charge is 0.185 e. The van der Waals surface area contributed by atoms with Gasteiger partial charge in [0.25, 0.3) is 0 Å². The second-order valence-electron chi connectivity index (χ2n) is 4.74. The van der Waals surface area contributed by atoms with E-state index in [0.717, 1.165) is 17.8 Å². The number of rotatable bonds is 3. The lowest BCUT2D eigenvalue weighted by atomic mass is 10.1. The molecule has 0 atom stereocenters. The first-order valence-corrected chi connectivity index (χ1v) is 6.64. The lowest BCUT2D eigenvalue weighted by Crippen LogP contribution is -1.93. The maximum atomic E-state index is 11.9. The molecule has 2 nitrogen and oxygen atoms in total. The third kappa shape index (κ3) is 2.69. The second-order valence-corrected chi connectivity index (χ2v) is 4.74. The molecule has 0 radical (unpaired) electrons. The molecular weight excluding hydrogens is 246 g/mol. The van der Waals surface area contributed by atoms with Gasteiger partial charge in [-0.15, -0.1) is 0 Å². The van der Waals surface area contributed by atoms with Gasteiger partial charge in [0.1, 0.15) is 0 Å². The zero-order valence-corrected chi connectivity index (χ0v) is 11.0. The average molecular weight is 261 g/mol. The third-order valence-corrected chi connectivity index (χ3v) is 3.30. The van der Waals surface area contributed by atoms with Gasteiger partial charge in [-0.3, -0.25) is 4.79 Å². The predicted octanol–water partition coefficient (Wildman–Crippen LogP) is 3.98. The van der Waals surface area contributed by atoms with E-state index in [1.807, 2.05) is 54.6 Å². The van der Waals surface area contributed by atoms with Crippen LogP contribution in [0.5, 0.6) is 0 Å². The minimum absolute atomic E-state index is 0.0259. The van der Waals surface area contributed by atoms with E-state index in [0.29, 0.717) is 5.56 Å². The fourth-order valence-electron chi connectivity index (χ4n) is 2.27. The van der Waals surface area contributed by atoms with Crippen LogP contribution in [0.1, 0.15) is 15.9 Å². The number of nitrogens with one attached hydrogen (secondary N) is 1. The van der Waals surface area contributed by atoms with E-state index in [4.69, 9.17) is 0 Å². The minimum atomic E-state index is 0.0259. The van der Waals surface area contributed by atoms with Crippen LogP contribution in [0.2, 0.25) is 0 Å². The Bertz CT molecular complexity index is 657. The van der Waals surface area contributed by atoms with Crippen LogP contribution in [-0.2, 0) is 6.42 Å². The molecule has 2 heteroatoms. The number of hydrogen-bond acceptors (Lipinski definition) is 2. The van der Waals surface area contributed by atoms with Gasteiger partial charge in [0.05, 0.1) is 0 Å². The monoisotopic (exact) mass is 261 g/mol. The maximum absolute atomic E-state index is 11.9. The number of hydrogen-bond donors (Lipinski definition) is 1. The van der Waals surface area contributed by atoms with Crippen LogP contribution in [-0.4, -0.2) is 5.78 Å². The van der Waals surface area contributed by atoms with Crippen molar-refractivity contribution >= 4 is 11.5 Å². The highest BCUT2D eigenvalue weighted by Crippen LogP contribution is 2.27. The Hall–Kier alpha value is -2.61. The number of fused-ring (bicyclic) bond motifs is 1. The normalized spacial score (nSPS) is 15.3. The molecule has 1 aliphatic heterocycles. The molecule has 2 aromatic rings. The molecule has 20 heavy (non-hydrogen) atoms. The molecule has 0 spiro atoms. The van der Waals surface area contributed by atoms with E-state index in [2.05, 4.69) is 17.4 Å². The maximum Gasteiger partial charge on any atom is 0.185 e. The summed E-state index contributed by atoms with van der Waals surface area (Å²) in [5.41, 5.74) is 4.27. The largest absolute Gasteiger partial charge is 0.358 e. The molecule has 1 heterocycles. The van der Waals surface area contributed by atoms with E-state index in [-0.39, 0.29) is 5.78 Å². The molecule has 0 fully saturated rings. The lowest BCUT2D eigenvalue weighted by molar-refractivity contribution is 0.104. The second kappa shape index (κ2) is 5.57. The van der Waals surface area contributed by atoms with Crippen molar-refractivity contribution in [1.29, 1.82) is 0 Å². The minimum Gasteiger partial charge on any atom is -0.358 e. The Kier molecular flexibility index (Phi) is 3.46. The highest BCUT2D eigenvalue weighted by molar-refractivity contribution is 6.04. The topological polar surface area (TPSA) is 29.1 Å². The molecule has 0 amide bonds. The molecule has 0 aromatic heterocycles. The zero-order valence-electron chi connectivity index (χ0n) is 11.0. The number of ketones is 1. The van der Waals surface area contributed by atoms with Gasteiger partial charge in [0, 0.05) is 23.4 Å². The summed E-state index contributed by atoms with van der Waals surface area (Å²) in [4.78, 5) is 11.9. The molecule has 0 aliphatic carbocycles. The molecule has 0 unspecified atom stereocenters. The van der Waals surface area contributed by atoms with Crippen LogP contribution < -0.4 is 5.32 Å². The van der Waals surface area contributed by atoms with Crippen LogP contribution in [0.15, 0.2) is 78.5 Å². The Morgan fingerprint density at radius 1 is 1.00 bits per heavy atom. The summed E-state index contributed by atoms with van der Waals surface area (Å²) < 4.78 is 0. The summed E-state index contributed by atoms with van der Waals surface area (Å²) in [5, 5.41) is 3.35. The van der Waals surface area contributed by atoms with E-state index in [1.54, 1.807) is 6.08 Å². The van der Waals surface area contributed by atoms with Crippen molar-refractivity contribution in [3.8, 4) is 0 Å². The quantitative estimate of drug-likeness (QED) is 0.669. The highest BCUT2D eigenvalue weighted by atomic mass is 16.1. The first-order chi connectivity index (χ1) is 9.83. The third-order valence-electron chi connectivity index (χ3n) is 3.30. The molecule has 98 valence electrons. The predicted molar refractivity (Wildman–Crippen MR) is 81.8 cm³/mol. The average Bonchev–Trinajstić information content (AvgIpc) is 2.90. The summed E-state index contributed by atoms with van der Waals surface area (Å²) >= 11 is 0. The van der Waals surface area contributed by atoms with Gasteiger partial charge in [-0.05, 0) is 23.8 Å². The van der Waals surface area contributed by atoms with Crippen LogP contribution in [0.3, 0.4) is 0 Å². The van der Waals surface area contributed by atoms with E-state index in [1.165, 1.54) is 5.56 Å². The van der Waals surface area contributed by atoms with Gasteiger partial charge < -0.3 is 5.32 Å². The SMILES string of the molecule is O=C(C=CC=C1Cc2ccccc2N1)c1ccccc1. The molecule has 0 bridgehead atoms. The first kappa shape index (κ1) is 12.4. The molecule has 0 saturated carbocycles. The summed E-state index contributed by atoms with van der Waals surface area (Å²) in [6.45, 7) is 0. The Balaban J connectivity index is 1.67. The van der Waals surface area contributed by atoms with Crippen molar-refractivity contribution in [2.75, 3.05) is 5.32 Å². The molecular formula is C18H15NO. The zero-order chi connectivity index (χ0) is 13.8. The van der Waals surface area contributed by atoms with Gasteiger partial charge in [-0.25, -0.2) is 0 Å². The Morgan fingerprint density at radius 3 is 2.55 bits per heavy atom. The number of anilines is 1. The van der Waals surface area contributed by atoms with E-state index < -0.39 is 0 Å². The van der Waals surface area contributed by atoms with Crippen molar-refractivity contribution < 1.29 is 4.79 Å². The van der Waals surface area contributed by atoms with Crippen LogP contribution in [0, 0.1) is 0 Å². The highest BCUT2D eigenvalue weighted by Gasteiger charge is 2.12. The van der Waals surface area contributed by atoms with Crippen molar-refractivity contribution in [2.24, 2.45) is 0 Å². The van der Waals surface area contributed by atoms with Gasteiger partial charge in [0.15, 0.2) is 5.78 Å². The number of allylic oxidation sites excluding steroid dienone is 4. The van der Waals surface area contributed by atoms with Gasteiger partial charge in [0.2, 0.25) is 0 Å². The number of benzene rings is 2. The van der Waals surface area contributed by atoms with E-state index >= 15 is 0 Å². The summed E-state index contributed by atoms with van der Waals surface area (Å²) in [6.07, 6.45) is 6.26. The first-order valence-electron chi connectivity index (χ1n) is 6.64. The van der Waals surface area contributed by atoms with Crippen LogP contribution >= 0.6 is 0 Å². The Morgan fingerprint density at radius 2 is 1.75 bits per heavy atom. The molecule has 2 aromatic carbocycles. The van der Waals surface area contributed by atoms with Gasteiger partial charge >= 0.3 is 0 Å². The van der Waals surface area contributed by atoms with E-state index in [9.17, 15) is 4.79 Å². The standard InChI is InChI=1S/C18H15NO/c20-18(14-7-2-1-3-8-14)12-6-10-16-13-15-9-4-5-11-17(15)19-16/h1-12,19H,13H2. The number of carbonyl (C=O) groups excluding carboxylic acids is 1. The van der Waals surface area contributed by atoms with Crippen molar-refractivity contribution in [3.63, 3.8) is 0 Å². The summed E-state index contributed by atoms with van der Waals surface area (Å²) in [5.74, 6) is 0.0259. The lowest BCUT2D eigenvalue weighted by Gasteiger charge is -1.97. The van der Waals surface area contributed by atoms with Gasteiger partial charge in [-0.2, -0.15) is 0 Å². The molecule has 3 rings (SSSR count). The number of para-hydroxylation sites is 1. The van der Waals surface area contributed by atoms with Crippen LogP contribution in [0.25, 0.3) is 0 Å². The van der Waals surface area contributed by atoms with Crippen molar-refractivity contribution in [2.45, 2.75) is 6.42 Å². The molecule has 0 saturated heterocycles. The molecule has 1 N–H and O–H groups in total. The summed E-state index contributed by atoms with van der Waals surface area (Å²) in [7, 11) is 0. The number of carbonyl (C=O) groups is 1. The van der Waals surface area contributed by atoms with Crippen molar-refractivity contribution in [1.82, 2.24) is 0 Å². The van der Waals surface area contributed by atoms with Crippen LogP contribution in [0.4, 0.5) is 5.69 Å². The Labute approximate surface area is 118 Å². The van der Waals surface area contributed by atoms with Crippen molar-refractivity contribution in [3.05, 3.63) is 89.6 Å². The van der Waals surface area contributed by atoms with Gasteiger partial charge in [-0.1, -0.05) is 54.6 Å². The summed E-state index contributed by atoms with van der Waals surface area (Å²) in [6, 6.07) is 17.5.